The third-order valence-corrected chi connectivity index (χ3v) is 5.75. The number of hydrogen-bond donors (Lipinski definition) is 0. The molecule has 0 aliphatic carbocycles. The van der Waals surface area contributed by atoms with Gasteiger partial charge in [-0.25, -0.2) is 4.98 Å². The van der Waals surface area contributed by atoms with Crippen molar-refractivity contribution in [1.82, 2.24) is 4.98 Å². The lowest BCUT2D eigenvalue weighted by Gasteiger charge is -2.20. The molecule has 0 atom stereocenters. The average Bonchev–Trinajstić information content (AvgIpc) is 3.19. The molecule has 0 N–H and O–H groups in total. The predicted molar refractivity (Wildman–Crippen MR) is 121 cm³/mol. The summed E-state index contributed by atoms with van der Waals surface area (Å²) < 4.78 is 12.0. The van der Waals surface area contributed by atoms with Crippen LogP contribution in [0.3, 0.4) is 0 Å². The third kappa shape index (κ3) is 4.56. The van der Waals surface area contributed by atoms with E-state index < -0.39 is 0 Å². The SMILES string of the molecule is COc1ccccc1OCC(=O)N(Cc1ccccc1)c1nc2ccc(Cl)cc2s1. The van der Waals surface area contributed by atoms with Gasteiger partial charge in [-0.15, -0.1) is 0 Å². The van der Waals surface area contributed by atoms with Crippen molar-refractivity contribution in [2.75, 3.05) is 18.6 Å². The Kier molecular flexibility index (Phi) is 6.16. The Morgan fingerprint density at radius 2 is 1.77 bits per heavy atom. The molecule has 0 spiro atoms. The van der Waals surface area contributed by atoms with E-state index in [1.807, 2.05) is 54.6 Å². The normalized spacial score (nSPS) is 10.7. The zero-order valence-electron chi connectivity index (χ0n) is 16.2. The van der Waals surface area contributed by atoms with Gasteiger partial charge in [-0.2, -0.15) is 0 Å². The summed E-state index contributed by atoms with van der Waals surface area (Å²) >= 11 is 7.54. The molecular formula is C23H19ClN2O3S. The lowest BCUT2D eigenvalue weighted by Crippen LogP contribution is -2.34. The maximum atomic E-state index is 13.2. The number of benzene rings is 3. The van der Waals surface area contributed by atoms with Gasteiger partial charge in [-0.05, 0) is 35.9 Å². The Morgan fingerprint density at radius 1 is 1.03 bits per heavy atom. The number of carbonyl (C=O) groups excluding carboxylic acids is 1. The van der Waals surface area contributed by atoms with E-state index in [2.05, 4.69) is 4.98 Å². The molecular weight excluding hydrogens is 420 g/mol. The summed E-state index contributed by atoms with van der Waals surface area (Å²) in [5.41, 5.74) is 1.80. The Morgan fingerprint density at radius 3 is 2.53 bits per heavy atom. The number of para-hydroxylation sites is 2. The molecule has 1 aromatic heterocycles. The van der Waals surface area contributed by atoms with E-state index in [0.29, 0.717) is 28.2 Å². The lowest BCUT2D eigenvalue weighted by molar-refractivity contribution is -0.120. The van der Waals surface area contributed by atoms with Gasteiger partial charge in [0.25, 0.3) is 5.91 Å². The molecule has 4 rings (SSSR count). The number of fused-ring (bicyclic) bond motifs is 1. The second-order valence-corrected chi connectivity index (χ2v) is 7.96. The van der Waals surface area contributed by atoms with Gasteiger partial charge in [-0.1, -0.05) is 65.4 Å². The van der Waals surface area contributed by atoms with Gasteiger partial charge < -0.3 is 9.47 Å². The zero-order valence-corrected chi connectivity index (χ0v) is 17.8. The number of amides is 1. The number of rotatable bonds is 7. The Hall–Kier alpha value is -3.09. The zero-order chi connectivity index (χ0) is 20.9. The molecule has 0 unspecified atom stereocenters. The Labute approximate surface area is 183 Å². The van der Waals surface area contributed by atoms with Crippen LogP contribution in [0, 0.1) is 0 Å². The maximum Gasteiger partial charge on any atom is 0.267 e. The van der Waals surface area contributed by atoms with Crippen LogP contribution in [0.25, 0.3) is 10.2 Å². The highest BCUT2D eigenvalue weighted by Crippen LogP contribution is 2.32. The second kappa shape index (κ2) is 9.15. The maximum absolute atomic E-state index is 13.2. The highest BCUT2D eigenvalue weighted by atomic mass is 35.5. The van der Waals surface area contributed by atoms with E-state index in [1.54, 1.807) is 30.2 Å². The van der Waals surface area contributed by atoms with Crippen LogP contribution in [0.5, 0.6) is 11.5 Å². The van der Waals surface area contributed by atoms with Gasteiger partial charge in [-0.3, -0.25) is 9.69 Å². The first-order valence-corrected chi connectivity index (χ1v) is 10.5. The van der Waals surface area contributed by atoms with Crippen LogP contribution in [0.1, 0.15) is 5.56 Å². The highest BCUT2D eigenvalue weighted by Gasteiger charge is 2.21. The fourth-order valence-electron chi connectivity index (χ4n) is 2.99. The molecule has 7 heteroatoms. The van der Waals surface area contributed by atoms with Crippen molar-refractivity contribution in [3.05, 3.63) is 83.4 Å². The third-order valence-electron chi connectivity index (χ3n) is 4.47. The van der Waals surface area contributed by atoms with Crippen LogP contribution >= 0.6 is 22.9 Å². The van der Waals surface area contributed by atoms with E-state index in [1.165, 1.54) is 11.3 Å². The summed E-state index contributed by atoms with van der Waals surface area (Å²) in [6.45, 7) is 0.256. The summed E-state index contributed by atoms with van der Waals surface area (Å²) in [7, 11) is 1.57. The lowest BCUT2D eigenvalue weighted by atomic mass is 10.2. The van der Waals surface area contributed by atoms with Crippen molar-refractivity contribution in [3.63, 3.8) is 0 Å². The van der Waals surface area contributed by atoms with Crippen LogP contribution in [0.15, 0.2) is 72.8 Å². The first-order valence-electron chi connectivity index (χ1n) is 9.30. The van der Waals surface area contributed by atoms with Gasteiger partial charge in [0.05, 0.1) is 23.9 Å². The summed E-state index contributed by atoms with van der Waals surface area (Å²) in [4.78, 5) is 19.5. The van der Waals surface area contributed by atoms with Crippen LogP contribution in [-0.2, 0) is 11.3 Å². The first-order chi connectivity index (χ1) is 14.6. The molecule has 0 bridgehead atoms. The quantitative estimate of drug-likeness (QED) is 0.378. The van der Waals surface area contributed by atoms with E-state index >= 15 is 0 Å². The van der Waals surface area contributed by atoms with Crippen molar-refractivity contribution in [2.45, 2.75) is 6.54 Å². The van der Waals surface area contributed by atoms with Crippen molar-refractivity contribution in [3.8, 4) is 11.5 Å². The largest absolute Gasteiger partial charge is 0.493 e. The number of aromatic nitrogens is 1. The molecule has 3 aromatic carbocycles. The van der Waals surface area contributed by atoms with Crippen molar-refractivity contribution >= 4 is 44.2 Å². The number of methoxy groups -OCH3 is 1. The van der Waals surface area contributed by atoms with Gasteiger partial charge in [0.1, 0.15) is 0 Å². The molecule has 0 aliphatic rings. The predicted octanol–water partition coefficient (Wildman–Crippen LogP) is 5.57. The van der Waals surface area contributed by atoms with Gasteiger partial charge in [0.2, 0.25) is 0 Å². The summed E-state index contributed by atoms with van der Waals surface area (Å²) in [5.74, 6) is 0.897. The first kappa shape index (κ1) is 20.2. The molecule has 0 aliphatic heterocycles. The molecule has 0 saturated carbocycles. The van der Waals surface area contributed by atoms with Crippen LogP contribution in [0.4, 0.5) is 5.13 Å². The average molecular weight is 439 g/mol. The minimum Gasteiger partial charge on any atom is -0.493 e. The molecule has 1 amide bonds. The van der Waals surface area contributed by atoms with E-state index in [0.717, 1.165) is 15.8 Å². The molecule has 5 nitrogen and oxygen atoms in total. The number of thiazole rings is 1. The smallest absolute Gasteiger partial charge is 0.267 e. The van der Waals surface area contributed by atoms with Crippen molar-refractivity contribution < 1.29 is 14.3 Å². The topological polar surface area (TPSA) is 51.7 Å². The summed E-state index contributed by atoms with van der Waals surface area (Å²) in [6, 6.07) is 22.5. The van der Waals surface area contributed by atoms with Gasteiger partial charge in [0.15, 0.2) is 23.2 Å². The van der Waals surface area contributed by atoms with Crippen molar-refractivity contribution in [2.24, 2.45) is 0 Å². The summed E-state index contributed by atoms with van der Waals surface area (Å²) in [5, 5.41) is 1.24. The van der Waals surface area contributed by atoms with Crippen LogP contribution in [0.2, 0.25) is 5.02 Å². The van der Waals surface area contributed by atoms with Crippen LogP contribution in [-0.4, -0.2) is 24.6 Å². The van der Waals surface area contributed by atoms with E-state index in [4.69, 9.17) is 21.1 Å². The molecule has 152 valence electrons. The van der Waals surface area contributed by atoms with Crippen molar-refractivity contribution in [1.29, 1.82) is 0 Å². The number of ether oxygens (including phenoxy) is 2. The molecule has 0 saturated heterocycles. The number of hydrogen-bond acceptors (Lipinski definition) is 5. The molecule has 0 fully saturated rings. The number of nitrogens with zero attached hydrogens (tertiary/aromatic N) is 2. The second-order valence-electron chi connectivity index (χ2n) is 6.51. The molecule has 30 heavy (non-hydrogen) atoms. The van der Waals surface area contributed by atoms with Crippen LogP contribution < -0.4 is 14.4 Å². The summed E-state index contributed by atoms with van der Waals surface area (Å²) in [6.07, 6.45) is 0. The van der Waals surface area contributed by atoms with Gasteiger partial charge in [0, 0.05) is 5.02 Å². The molecule has 4 aromatic rings. The number of halogens is 1. The Balaban J connectivity index is 1.61. The molecule has 0 radical (unpaired) electrons. The Bertz CT molecular complexity index is 1160. The molecule has 1 heterocycles. The fraction of sp³-hybridized carbons (Fsp3) is 0.130. The standard InChI is InChI=1S/C23H19ClN2O3S/c1-28-19-9-5-6-10-20(19)29-15-22(27)26(14-16-7-3-2-4-8-16)23-25-18-12-11-17(24)13-21(18)30-23/h2-13H,14-15H2,1H3. The van der Waals surface area contributed by atoms with E-state index in [9.17, 15) is 4.79 Å². The minimum absolute atomic E-state index is 0.135. The number of carbonyl (C=O) groups is 1. The monoisotopic (exact) mass is 438 g/mol. The highest BCUT2D eigenvalue weighted by molar-refractivity contribution is 7.22. The fourth-order valence-corrected chi connectivity index (χ4v) is 4.24. The minimum atomic E-state index is -0.199. The number of anilines is 1. The van der Waals surface area contributed by atoms with Gasteiger partial charge >= 0.3 is 0 Å². The van der Waals surface area contributed by atoms with E-state index in [-0.39, 0.29) is 12.5 Å².